The number of amidine groups is 1. The van der Waals surface area contributed by atoms with E-state index < -0.39 is 5.92 Å². The normalized spacial score (nSPS) is 21.9. The van der Waals surface area contributed by atoms with Crippen LogP contribution >= 0.6 is 11.8 Å². The zero-order valence-corrected chi connectivity index (χ0v) is 15.1. The van der Waals surface area contributed by atoms with Crippen molar-refractivity contribution in [3.8, 4) is 0 Å². The van der Waals surface area contributed by atoms with Crippen molar-refractivity contribution in [2.45, 2.75) is 42.4 Å². The van der Waals surface area contributed by atoms with Gasteiger partial charge in [0, 0.05) is 35.7 Å². The molecule has 1 aliphatic carbocycles. The van der Waals surface area contributed by atoms with Gasteiger partial charge in [-0.05, 0) is 43.7 Å². The number of aromatic amines is 1. The Bertz CT molecular complexity index is 966. The zero-order valence-electron chi connectivity index (χ0n) is 14.3. The van der Waals surface area contributed by atoms with E-state index >= 15 is 0 Å². The maximum atomic E-state index is 12.6. The van der Waals surface area contributed by atoms with Gasteiger partial charge in [0.15, 0.2) is 16.0 Å². The third-order valence-electron chi connectivity index (χ3n) is 4.52. The molecule has 4 rings (SSSR count). The van der Waals surface area contributed by atoms with Crippen LogP contribution in [0.5, 0.6) is 0 Å². The summed E-state index contributed by atoms with van der Waals surface area (Å²) in [7, 11) is 0. The number of rotatable bonds is 3. The predicted molar refractivity (Wildman–Crippen MR) is 98.7 cm³/mol. The average Bonchev–Trinajstić information content (AvgIpc) is 3.23. The van der Waals surface area contributed by atoms with Crippen LogP contribution in [0.3, 0.4) is 0 Å². The fraction of sp³-hybridized carbons (Fsp3) is 0.278. The molecule has 5 N–H and O–H groups in total. The molecule has 1 atom stereocenters. The number of Topliss-reactive ketones (excluding diaryl/α,β-unsaturated/α-hetero) is 1. The van der Waals surface area contributed by atoms with Gasteiger partial charge in [-0.25, -0.2) is 9.98 Å². The number of ketones is 1. The molecule has 7 nitrogen and oxygen atoms in total. The molecule has 2 aromatic heterocycles. The molecule has 0 aromatic carbocycles. The molecule has 2 aliphatic rings. The molecule has 0 saturated heterocycles. The van der Waals surface area contributed by atoms with Crippen LogP contribution in [0.4, 0.5) is 0 Å². The molecule has 134 valence electrons. The van der Waals surface area contributed by atoms with E-state index in [1.165, 1.54) is 18.0 Å². The summed E-state index contributed by atoms with van der Waals surface area (Å²) in [5.74, 6) is 0.651. The largest absolute Gasteiger partial charge is 0.453 e. The van der Waals surface area contributed by atoms with Gasteiger partial charge in [-0.15, -0.1) is 0 Å². The maximum absolute atomic E-state index is 12.6. The highest BCUT2D eigenvalue weighted by Gasteiger charge is 2.37. The van der Waals surface area contributed by atoms with E-state index in [0.717, 1.165) is 29.4 Å². The number of aromatic nitrogens is 2. The van der Waals surface area contributed by atoms with Crippen molar-refractivity contribution < 1.29 is 9.21 Å². The first-order valence-electron chi connectivity index (χ1n) is 8.38. The van der Waals surface area contributed by atoms with Crippen molar-refractivity contribution in [3.05, 3.63) is 52.8 Å². The van der Waals surface area contributed by atoms with E-state index in [2.05, 4.69) is 15.0 Å². The molecule has 0 radical (unpaired) electrons. The molecule has 2 aromatic rings. The number of aryl methyl sites for hydroxylation is 1. The summed E-state index contributed by atoms with van der Waals surface area (Å²) in [6, 6.07) is 3.72. The lowest BCUT2D eigenvalue weighted by Crippen LogP contribution is -2.30. The minimum Gasteiger partial charge on any atom is -0.453 e. The van der Waals surface area contributed by atoms with E-state index in [1.54, 1.807) is 6.20 Å². The number of furan rings is 1. The molecule has 0 fully saturated rings. The Balaban J connectivity index is 1.72. The van der Waals surface area contributed by atoms with E-state index in [9.17, 15) is 4.79 Å². The van der Waals surface area contributed by atoms with E-state index in [0.29, 0.717) is 34.3 Å². The van der Waals surface area contributed by atoms with Crippen LogP contribution in [0.1, 0.15) is 36.6 Å². The van der Waals surface area contributed by atoms with Crippen molar-refractivity contribution in [1.29, 1.82) is 0 Å². The second-order valence-corrected chi connectivity index (χ2v) is 7.31. The fourth-order valence-electron chi connectivity index (χ4n) is 3.36. The molecule has 0 saturated carbocycles. The number of imidazole rings is 1. The minimum absolute atomic E-state index is 0.0825. The summed E-state index contributed by atoms with van der Waals surface area (Å²) in [4.78, 5) is 24.4. The van der Waals surface area contributed by atoms with E-state index in [1.807, 2.05) is 19.1 Å². The number of H-pyrrole nitrogens is 1. The maximum Gasteiger partial charge on any atom is 0.173 e. The molecule has 1 unspecified atom stereocenters. The van der Waals surface area contributed by atoms with Crippen LogP contribution in [-0.2, 0) is 4.79 Å². The van der Waals surface area contributed by atoms with Crippen molar-refractivity contribution in [2.24, 2.45) is 16.5 Å². The monoisotopic (exact) mass is 369 g/mol. The Labute approximate surface area is 154 Å². The molecular formula is C18H19N5O2S. The Kier molecular flexibility index (Phi) is 4.20. The van der Waals surface area contributed by atoms with Gasteiger partial charge in [0.05, 0.1) is 11.6 Å². The van der Waals surface area contributed by atoms with Crippen LogP contribution in [0.15, 0.2) is 61.0 Å². The Morgan fingerprint density at radius 1 is 1.38 bits per heavy atom. The summed E-state index contributed by atoms with van der Waals surface area (Å²) in [6.07, 6.45) is 5.22. The molecule has 3 heterocycles. The molecule has 0 spiro atoms. The van der Waals surface area contributed by atoms with Crippen molar-refractivity contribution in [2.75, 3.05) is 0 Å². The third-order valence-corrected chi connectivity index (χ3v) is 5.34. The third kappa shape index (κ3) is 2.86. The van der Waals surface area contributed by atoms with Gasteiger partial charge in [-0.3, -0.25) is 4.79 Å². The first-order valence-corrected chi connectivity index (χ1v) is 9.20. The van der Waals surface area contributed by atoms with Crippen molar-refractivity contribution in [1.82, 2.24) is 9.97 Å². The van der Waals surface area contributed by atoms with Gasteiger partial charge in [0.25, 0.3) is 0 Å². The summed E-state index contributed by atoms with van der Waals surface area (Å²) in [5.41, 5.74) is 14.9. The highest BCUT2D eigenvalue weighted by atomic mass is 32.2. The highest BCUT2D eigenvalue weighted by Crippen LogP contribution is 2.43. The van der Waals surface area contributed by atoms with Crippen molar-refractivity contribution in [3.63, 3.8) is 0 Å². The molecule has 26 heavy (non-hydrogen) atoms. The molecule has 1 aliphatic heterocycles. The smallest absolute Gasteiger partial charge is 0.173 e. The molecule has 0 bridgehead atoms. The number of aliphatic imine (C=N–C) groups is 1. The first kappa shape index (κ1) is 16.7. The lowest BCUT2D eigenvalue weighted by Gasteiger charge is -2.29. The van der Waals surface area contributed by atoms with Crippen LogP contribution in [-0.4, -0.2) is 21.6 Å². The van der Waals surface area contributed by atoms with Gasteiger partial charge in [-0.1, -0.05) is 0 Å². The van der Waals surface area contributed by atoms with E-state index in [-0.39, 0.29) is 5.78 Å². The predicted octanol–water partition coefficient (Wildman–Crippen LogP) is 2.77. The molecular weight excluding hydrogens is 350 g/mol. The number of nitrogens with one attached hydrogen (secondary N) is 1. The number of carbonyl (C=O) groups is 1. The summed E-state index contributed by atoms with van der Waals surface area (Å²) >= 11 is 1.39. The van der Waals surface area contributed by atoms with Gasteiger partial charge in [0.2, 0.25) is 0 Å². The first-order chi connectivity index (χ1) is 12.6. The summed E-state index contributed by atoms with van der Waals surface area (Å²) < 4.78 is 6.02. The van der Waals surface area contributed by atoms with Gasteiger partial charge in [0.1, 0.15) is 11.6 Å². The Morgan fingerprint density at radius 2 is 2.23 bits per heavy atom. The summed E-state index contributed by atoms with van der Waals surface area (Å²) in [6.45, 7) is 1.94. The van der Waals surface area contributed by atoms with Crippen LogP contribution < -0.4 is 11.5 Å². The number of hydrogen-bond donors (Lipinski definition) is 3. The lowest BCUT2D eigenvalue weighted by atomic mass is 9.78. The Hall–Kier alpha value is -2.74. The minimum atomic E-state index is -0.409. The van der Waals surface area contributed by atoms with Gasteiger partial charge >= 0.3 is 0 Å². The van der Waals surface area contributed by atoms with Gasteiger partial charge < -0.3 is 20.9 Å². The van der Waals surface area contributed by atoms with Crippen LogP contribution in [0.2, 0.25) is 0 Å². The number of carbonyl (C=O) groups excluding carboxylic acids is 1. The second kappa shape index (κ2) is 6.53. The number of nitrogens with two attached hydrogens (primary N) is 2. The second-order valence-electron chi connectivity index (χ2n) is 6.32. The standard InChI is InChI=1S/C18H19N5O2S/c1-9-8-21-18(22-9)26-14-6-5-13(25-14)15-10(7-19)17(20)23-11-3-2-4-12(24)16(11)15/h5-8,15H,2-4,19H2,1H3,(H2,20,23)(H,21,22)/b10-7-. The topological polar surface area (TPSA) is 123 Å². The molecule has 0 amide bonds. The number of nitrogens with zero attached hydrogens (tertiary/aromatic N) is 2. The quantitative estimate of drug-likeness (QED) is 0.764. The van der Waals surface area contributed by atoms with Crippen LogP contribution in [0, 0.1) is 6.92 Å². The summed E-state index contributed by atoms with van der Waals surface area (Å²) in [5, 5.41) is 1.42. The van der Waals surface area contributed by atoms with E-state index in [4.69, 9.17) is 15.9 Å². The van der Waals surface area contributed by atoms with Crippen LogP contribution in [0.25, 0.3) is 0 Å². The fourth-order valence-corrected chi connectivity index (χ4v) is 4.14. The average molecular weight is 369 g/mol. The molecule has 8 heteroatoms. The Morgan fingerprint density at radius 3 is 2.96 bits per heavy atom. The highest BCUT2D eigenvalue weighted by molar-refractivity contribution is 7.99. The number of allylic oxidation sites excluding steroid dienone is 2. The lowest BCUT2D eigenvalue weighted by molar-refractivity contribution is -0.116. The van der Waals surface area contributed by atoms with Crippen molar-refractivity contribution >= 4 is 23.4 Å². The number of hydrogen-bond acceptors (Lipinski definition) is 7. The van der Waals surface area contributed by atoms with Gasteiger partial charge in [-0.2, -0.15) is 0 Å². The zero-order chi connectivity index (χ0) is 18.3. The SMILES string of the molecule is Cc1cnc(Sc2ccc(C3C4=C(CCCC4=O)N=C(N)/C3=C\N)o2)[nH]1.